The largest absolute Gasteiger partial charge is 0.390 e. The number of ether oxygens (including phenoxy) is 1. The van der Waals surface area contributed by atoms with Crippen molar-refractivity contribution in [2.75, 3.05) is 18.6 Å². The van der Waals surface area contributed by atoms with Gasteiger partial charge in [0, 0.05) is 42.5 Å². The van der Waals surface area contributed by atoms with Crippen molar-refractivity contribution < 1.29 is 14.7 Å². The number of hydrogen-bond donors (Lipinski definition) is 1. The third-order valence-corrected chi connectivity index (χ3v) is 7.16. The number of anilines is 1. The van der Waals surface area contributed by atoms with Gasteiger partial charge in [0.05, 0.1) is 24.6 Å². The third-order valence-electron chi connectivity index (χ3n) is 7.16. The predicted molar refractivity (Wildman–Crippen MR) is 147 cm³/mol. The number of hydrogen-bond acceptors (Lipinski definition) is 7. The molecular weight excluding hydrogens is 478 g/mol. The van der Waals surface area contributed by atoms with E-state index in [2.05, 4.69) is 34.5 Å². The Kier molecular flexibility index (Phi) is 6.66. The Hall–Kier alpha value is -4.01. The number of oxime groups is 1. The van der Waals surface area contributed by atoms with E-state index in [1.165, 1.54) is 0 Å². The van der Waals surface area contributed by atoms with Gasteiger partial charge in [-0.15, -0.1) is 5.10 Å². The Balaban J connectivity index is 1.34. The molecule has 2 aliphatic heterocycles. The fraction of sp³-hybridized carbons (Fsp3) is 0.300. The summed E-state index contributed by atoms with van der Waals surface area (Å²) in [4.78, 5) is 7.91. The standard InChI is InChI=1S/C30H31N5O3/c1-3-16-35-29-23-8-4-5-9-24(23)30(36)34(27-11-7-6-10-25(27)28(29)31-33-35)18-22-17-26(32-38-22)21-14-12-20(13-15-21)19-37-2/h4-15,22,30,36H,3,16-19H2,1-2H3. The maximum atomic E-state index is 11.9. The van der Waals surface area contributed by atoms with Gasteiger partial charge < -0.3 is 19.6 Å². The molecule has 2 unspecified atom stereocenters. The molecule has 8 nitrogen and oxygen atoms in total. The number of benzene rings is 3. The molecule has 1 N–H and O–H groups in total. The molecule has 3 aromatic carbocycles. The van der Waals surface area contributed by atoms with Crippen molar-refractivity contribution in [3.63, 3.8) is 0 Å². The first-order chi connectivity index (χ1) is 18.7. The molecule has 194 valence electrons. The molecule has 4 aromatic rings. The summed E-state index contributed by atoms with van der Waals surface area (Å²) < 4.78 is 7.17. The smallest absolute Gasteiger partial charge is 0.154 e. The van der Waals surface area contributed by atoms with Gasteiger partial charge in [-0.3, -0.25) is 0 Å². The lowest BCUT2D eigenvalue weighted by Gasteiger charge is -2.35. The molecule has 1 aromatic heterocycles. The second kappa shape index (κ2) is 10.4. The van der Waals surface area contributed by atoms with Gasteiger partial charge in [0.1, 0.15) is 5.69 Å². The molecule has 0 radical (unpaired) electrons. The first kappa shape index (κ1) is 24.3. The zero-order valence-electron chi connectivity index (χ0n) is 21.6. The van der Waals surface area contributed by atoms with Crippen LogP contribution in [-0.4, -0.2) is 45.6 Å². The van der Waals surface area contributed by atoms with Gasteiger partial charge in [0.25, 0.3) is 0 Å². The number of aliphatic hydroxyl groups is 1. The van der Waals surface area contributed by atoms with Crippen LogP contribution in [0, 0.1) is 0 Å². The summed E-state index contributed by atoms with van der Waals surface area (Å²) in [6.07, 6.45) is 0.485. The minimum Gasteiger partial charge on any atom is -0.390 e. The fourth-order valence-corrected chi connectivity index (χ4v) is 5.37. The van der Waals surface area contributed by atoms with E-state index in [0.29, 0.717) is 19.6 Å². The minimum atomic E-state index is -0.883. The van der Waals surface area contributed by atoms with Crippen LogP contribution in [0.5, 0.6) is 0 Å². The van der Waals surface area contributed by atoms with Crippen molar-refractivity contribution in [2.45, 2.75) is 45.2 Å². The lowest BCUT2D eigenvalue weighted by Crippen LogP contribution is -2.37. The number of rotatable bonds is 7. The molecular formula is C30H31N5O3. The second-order valence-electron chi connectivity index (χ2n) is 9.74. The number of fused-ring (bicyclic) bond motifs is 5. The Bertz CT molecular complexity index is 1460. The second-order valence-corrected chi connectivity index (χ2v) is 9.74. The van der Waals surface area contributed by atoms with Gasteiger partial charge in [0.2, 0.25) is 0 Å². The van der Waals surface area contributed by atoms with E-state index < -0.39 is 6.23 Å². The number of nitrogens with zero attached hydrogens (tertiary/aromatic N) is 5. The van der Waals surface area contributed by atoms with E-state index in [-0.39, 0.29) is 6.10 Å². The van der Waals surface area contributed by atoms with Crippen molar-refractivity contribution in [1.29, 1.82) is 0 Å². The Labute approximate surface area is 222 Å². The van der Waals surface area contributed by atoms with Crippen LogP contribution in [0.3, 0.4) is 0 Å². The minimum absolute atomic E-state index is 0.215. The molecule has 0 saturated carbocycles. The highest BCUT2D eigenvalue weighted by Gasteiger charge is 2.34. The van der Waals surface area contributed by atoms with Gasteiger partial charge in [0.15, 0.2) is 12.3 Å². The average molecular weight is 510 g/mol. The highest BCUT2D eigenvalue weighted by Crippen LogP contribution is 2.44. The lowest BCUT2D eigenvalue weighted by atomic mass is 9.94. The fourth-order valence-electron chi connectivity index (χ4n) is 5.37. The summed E-state index contributed by atoms with van der Waals surface area (Å²) in [6.45, 7) is 3.91. The van der Waals surface area contributed by atoms with Gasteiger partial charge in [-0.1, -0.05) is 84.0 Å². The van der Waals surface area contributed by atoms with Gasteiger partial charge in [-0.05, 0) is 23.6 Å². The molecule has 0 spiro atoms. The normalized spacial score (nSPS) is 18.1. The van der Waals surface area contributed by atoms with Crippen LogP contribution in [0.1, 0.15) is 42.7 Å². The number of aryl methyl sites for hydroxylation is 1. The molecule has 38 heavy (non-hydrogen) atoms. The summed E-state index contributed by atoms with van der Waals surface area (Å²) in [6, 6.07) is 24.2. The van der Waals surface area contributed by atoms with Gasteiger partial charge in [-0.25, -0.2) is 4.68 Å². The first-order valence-corrected chi connectivity index (χ1v) is 13.1. The highest BCUT2D eigenvalue weighted by molar-refractivity contribution is 6.01. The lowest BCUT2D eigenvalue weighted by molar-refractivity contribution is 0.0763. The van der Waals surface area contributed by atoms with E-state index in [1.54, 1.807) is 7.11 Å². The van der Waals surface area contributed by atoms with Crippen LogP contribution in [-0.2, 0) is 22.7 Å². The molecule has 2 atom stereocenters. The summed E-state index contributed by atoms with van der Waals surface area (Å²) in [7, 11) is 1.69. The van der Waals surface area contributed by atoms with Crippen molar-refractivity contribution in [2.24, 2.45) is 5.16 Å². The van der Waals surface area contributed by atoms with Crippen molar-refractivity contribution in [3.05, 3.63) is 89.5 Å². The predicted octanol–water partition coefficient (Wildman–Crippen LogP) is 5.17. The van der Waals surface area contributed by atoms with Gasteiger partial charge in [-0.2, -0.15) is 0 Å². The van der Waals surface area contributed by atoms with Crippen molar-refractivity contribution in [1.82, 2.24) is 15.0 Å². The van der Waals surface area contributed by atoms with Crippen molar-refractivity contribution in [3.8, 4) is 22.5 Å². The third kappa shape index (κ3) is 4.36. The maximum absolute atomic E-state index is 11.9. The molecule has 3 heterocycles. The molecule has 0 amide bonds. The molecule has 2 aliphatic rings. The van der Waals surface area contributed by atoms with Crippen LogP contribution in [0.2, 0.25) is 0 Å². The van der Waals surface area contributed by atoms with Crippen LogP contribution >= 0.6 is 0 Å². The molecule has 0 saturated heterocycles. The summed E-state index contributed by atoms with van der Waals surface area (Å²) in [5, 5.41) is 25.4. The van der Waals surface area contributed by atoms with Gasteiger partial charge >= 0.3 is 0 Å². The first-order valence-electron chi connectivity index (χ1n) is 13.1. The van der Waals surface area contributed by atoms with Crippen LogP contribution in [0.4, 0.5) is 5.69 Å². The van der Waals surface area contributed by atoms with E-state index in [4.69, 9.17) is 9.57 Å². The highest BCUT2D eigenvalue weighted by atomic mass is 16.6. The summed E-state index contributed by atoms with van der Waals surface area (Å²) in [5.74, 6) is 0. The van der Waals surface area contributed by atoms with Crippen LogP contribution in [0.15, 0.2) is 78.0 Å². The topological polar surface area (TPSA) is 85.0 Å². The number of methoxy groups -OCH3 is 1. The summed E-state index contributed by atoms with van der Waals surface area (Å²) >= 11 is 0. The van der Waals surface area contributed by atoms with E-state index in [0.717, 1.165) is 63.6 Å². The Morgan fingerprint density at radius 2 is 1.76 bits per heavy atom. The van der Waals surface area contributed by atoms with E-state index in [1.807, 2.05) is 70.2 Å². The average Bonchev–Trinajstić information content (AvgIpc) is 3.59. The molecule has 0 bridgehead atoms. The zero-order chi connectivity index (χ0) is 26.1. The Morgan fingerprint density at radius 3 is 2.55 bits per heavy atom. The maximum Gasteiger partial charge on any atom is 0.154 e. The monoisotopic (exact) mass is 509 g/mol. The number of para-hydroxylation sites is 1. The van der Waals surface area contributed by atoms with Crippen LogP contribution in [0.25, 0.3) is 22.5 Å². The SMILES string of the molecule is CCCn1nnc2c1-c1ccccc1C(O)N(CC1CC(c3ccc(COC)cc3)=NO1)c1ccccc1-2. The van der Waals surface area contributed by atoms with Crippen LogP contribution < -0.4 is 4.90 Å². The number of aliphatic hydroxyl groups excluding tert-OH is 1. The molecule has 0 aliphatic carbocycles. The molecule has 6 rings (SSSR count). The summed E-state index contributed by atoms with van der Waals surface area (Å²) in [5.41, 5.74) is 8.38. The van der Waals surface area contributed by atoms with E-state index in [9.17, 15) is 5.11 Å². The molecule has 8 heteroatoms. The zero-order valence-corrected chi connectivity index (χ0v) is 21.6. The quantitative estimate of drug-likeness (QED) is 0.370. The van der Waals surface area contributed by atoms with Crippen molar-refractivity contribution >= 4 is 11.4 Å². The van der Waals surface area contributed by atoms with E-state index >= 15 is 0 Å². The molecule has 0 fully saturated rings. The number of aromatic nitrogens is 3. The Morgan fingerprint density at radius 1 is 1.00 bits per heavy atom.